The first-order valence-electron chi connectivity index (χ1n) is 9.49. The average molecular weight is 386 g/mol. The highest BCUT2D eigenvalue weighted by Crippen LogP contribution is 2.27. The van der Waals surface area contributed by atoms with Crippen molar-refractivity contribution in [1.82, 2.24) is 10.2 Å². The zero-order chi connectivity index (χ0) is 20.9. The molecule has 6 heteroatoms. The van der Waals surface area contributed by atoms with E-state index in [0.29, 0.717) is 25.4 Å². The van der Waals surface area contributed by atoms with Crippen LogP contribution >= 0.6 is 0 Å². The summed E-state index contributed by atoms with van der Waals surface area (Å²) in [4.78, 5) is 24.2. The minimum absolute atomic E-state index is 0.0915. The van der Waals surface area contributed by atoms with Gasteiger partial charge in [0.25, 0.3) is 0 Å². The largest absolute Gasteiger partial charge is 0.480 e. The number of carbonyl (C=O) groups excluding carboxylic acids is 1. The van der Waals surface area contributed by atoms with Crippen molar-refractivity contribution in [3.8, 4) is 11.3 Å². The van der Waals surface area contributed by atoms with E-state index in [9.17, 15) is 14.7 Å². The van der Waals surface area contributed by atoms with E-state index in [2.05, 4.69) is 38.2 Å². The number of rotatable bonds is 8. The van der Waals surface area contributed by atoms with Crippen LogP contribution in [0, 0.1) is 0 Å². The Bertz CT molecular complexity index is 803. The van der Waals surface area contributed by atoms with Crippen molar-refractivity contribution < 1.29 is 19.1 Å². The Kier molecular flexibility index (Phi) is 7.02. The smallest absolute Gasteiger partial charge is 0.320 e. The van der Waals surface area contributed by atoms with E-state index in [0.717, 1.165) is 11.3 Å². The second-order valence-corrected chi connectivity index (χ2v) is 8.06. The third kappa shape index (κ3) is 5.96. The fourth-order valence-electron chi connectivity index (χ4n) is 2.89. The third-order valence-electron chi connectivity index (χ3n) is 4.73. The van der Waals surface area contributed by atoms with Crippen molar-refractivity contribution >= 4 is 11.9 Å². The summed E-state index contributed by atoms with van der Waals surface area (Å²) < 4.78 is 5.96. The van der Waals surface area contributed by atoms with Crippen molar-refractivity contribution in [3.05, 3.63) is 47.7 Å². The van der Waals surface area contributed by atoms with E-state index in [4.69, 9.17) is 4.42 Å². The van der Waals surface area contributed by atoms with Gasteiger partial charge in [0.2, 0.25) is 5.91 Å². The summed E-state index contributed by atoms with van der Waals surface area (Å²) in [5.41, 5.74) is 2.33. The lowest BCUT2D eigenvalue weighted by atomic mass is 9.86. The van der Waals surface area contributed by atoms with Gasteiger partial charge in [-0.15, -0.1) is 0 Å². The number of nitrogens with zero attached hydrogens (tertiary/aromatic N) is 1. The predicted octanol–water partition coefficient (Wildman–Crippen LogP) is 3.66. The van der Waals surface area contributed by atoms with Crippen LogP contribution in [0.15, 0.2) is 40.8 Å². The first-order chi connectivity index (χ1) is 13.1. The Morgan fingerprint density at radius 1 is 1.14 bits per heavy atom. The van der Waals surface area contributed by atoms with Crippen LogP contribution < -0.4 is 5.32 Å². The van der Waals surface area contributed by atoms with Gasteiger partial charge in [-0.05, 0) is 30.0 Å². The van der Waals surface area contributed by atoms with Crippen molar-refractivity contribution in [2.24, 2.45) is 0 Å². The molecule has 1 heterocycles. The van der Waals surface area contributed by atoms with Crippen LogP contribution in [0.4, 0.5) is 0 Å². The second-order valence-electron chi connectivity index (χ2n) is 8.06. The number of nitrogens with one attached hydrogen (secondary N) is 1. The van der Waals surface area contributed by atoms with E-state index in [1.165, 1.54) is 12.5 Å². The Morgan fingerprint density at radius 2 is 1.79 bits per heavy atom. The SMILES string of the molecule is CC(=O)NCCN(Cc1ccc(-c2ccc(C(C)(C)C)cc2)o1)C(C)C(=O)O. The monoisotopic (exact) mass is 386 g/mol. The molecule has 0 bridgehead atoms. The summed E-state index contributed by atoms with van der Waals surface area (Å²) in [6, 6.07) is 11.4. The molecule has 1 unspecified atom stereocenters. The van der Waals surface area contributed by atoms with Crippen LogP contribution in [0.25, 0.3) is 11.3 Å². The van der Waals surface area contributed by atoms with Gasteiger partial charge >= 0.3 is 5.97 Å². The Balaban J connectivity index is 2.11. The van der Waals surface area contributed by atoms with Gasteiger partial charge in [-0.25, -0.2) is 0 Å². The van der Waals surface area contributed by atoms with Crippen LogP contribution in [-0.4, -0.2) is 41.0 Å². The lowest BCUT2D eigenvalue weighted by Gasteiger charge is -2.25. The van der Waals surface area contributed by atoms with E-state index >= 15 is 0 Å². The number of hydrogen-bond acceptors (Lipinski definition) is 4. The summed E-state index contributed by atoms with van der Waals surface area (Å²) in [6.45, 7) is 10.7. The van der Waals surface area contributed by atoms with E-state index in [-0.39, 0.29) is 11.3 Å². The number of carboxylic acids is 1. The molecule has 0 saturated carbocycles. The van der Waals surface area contributed by atoms with Gasteiger partial charge in [-0.3, -0.25) is 14.5 Å². The van der Waals surface area contributed by atoms with Gasteiger partial charge in [0.05, 0.1) is 6.54 Å². The maximum Gasteiger partial charge on any atom is 0.320 e. The van der Waals surface area contributed by atoms with Crippen LogP contribution in [0.2, 0.25) is 0 Å². The summed E-state index contributed by atoms with van der Waals surface area (Å²) in [5.74, 6) is 0.389. The number of furan rings is 1. The first-order valence-corrected chi connectivity index (χ1v) is 9.49. The molecule has 152 valence electrons. The number of carbonyl (C=O) groups is 2. The number of hydrogen-bond donors (Lipinski definition) is 2. The Hall–Kier alpha value is -2.60. The molecule has 1 atom stereocenters. The minimum atomic E-state index is -0.910. The van der Waals surface area contributed by atoms with Gasteiger partial charge in [0.15, 0.2) is 0 Å². The minimum Gasteiger partial charge on any atom is -0.480 e. The lowest BCUT2D eigenvalue weighted by Crippen LogP contribution is -2.42. The molecule has 1 aromatic heterocycles. The van der Waals surface area contributed by atoms with Crippen LogP contribution in [0.1, 0.15) is 45.9 Å². The van der Waals surface area contributed by atoms with Crippen LogP contribution in [0.5, 0.6) is 0 Å². The zero-order valence-corrected chi connectivity index (χ0v) is 17.3. The molecule has 28 heavy (non-hydrogen) atoms. The maximum absolute atomic E-state index is 11.4. The molecule has 0 aliphatic carbocycles. The molecule has 0 radical (unpaired) electrons. The standard InChI is InChI=1S/C22H30N2O4/c1-15(21(26)27)24(13-12-23-16(2)25)14-19-10-11-20(28-19)17-6-8-18(9-7-17)22(3,4)5/h6-11,15H,12-14H2,1-5H3,(H,23,25)(H,26,27). The molecule has 6 nitrogen and oxygen atoms in total. The molecule has 0 aliphatic rings. The topological polar surface area (TPSA) is 82.8 Å². The van der Waals surface area contributed by atoms with Gasteiger partial charge in [0, 0.05) is 25.6 Å². The number of benzene rings is 1. The van der Waals surface area contributed by atoms with Gasteiger partial charge in [-0.1, -0.05) is 45.0 Å². The molecular formula is C22H30N2O4. The highest BCUT2D eigenvalue weighted by molar-refractivity contribution is 5.73. The first kappa shape index (κ1) is 21.7. The summed E-state index contributed by atoms with van der Waals surface area (Å²) in [7, 11) is 0. The van der Waals surface area contributed by atoms with Gasteiger partial charge in [0.1, 0.15) is 17.6 Å². The van der Waals surface area contributed by atoms with Gasteiger partial charge < -0.3 is 14.8 Å². The molecule has 0 aliphatic heterocycles. The number of carboxylic acid groups (broad SMARTS) is 1. The quantitative estimate of drug-likeness (QED) is 0.723. The average Bonchev–Trinajstić information content (AvgIpc) is 3.08. The van der Waals surface area contributed by atoms with Crippen molar-refractivity contribution in [2.45, 2.75) is 52.6 Å². The lowest BCUT2D eigenvalue weighted by molar-refractivity contribution is -0.142. The highest BCUT2D eigenvalue weighted by Gasteiger charge is 2.22. The molecule has 0 spiro atoms. The highest BCUT2D eigenvalue weighted by atomic mass is 16.4. The maximum atomic E-state index is 11.4. The fourth-order valence-corrected chi connectivity index (χ4v) is 2.89. The normalized spacial score (nSPS) is 12.8. The molecule has 0 saturated heterocycles. The van der Waals surface area contributed by atoms with Crippen molar-refractivity contribution in [2.75, 3.05) is 13.1 Å². The van der Waals surface area contributed by atoms with Crippen LogP contribution in [0.3, 0.4) is 0 Å². The third-order valence-corrected chi connectivity index (χ3v) is 4.73. The molecule has 2 rings (SSSR count). The summed E-state index contributed by atoms with van der Waals surface area (Å²) in [5, 5.41) is 12.1. The molecule has 2 N–H and O–H groups in total. The Labute approximate surface area is 166 Å². The zero-order valence-electron chi connectivity index (χ0n) is 17.3. The van der Waals surface area contributed by atoms with E-state index < -0.39 is 12.0 Å². The molecular weight excluding hydrogens is 356 g/mol. The molecule has 2 aromatic rings. The summed E-state index contributed by atoms with van der Waals surface area (Å²) in [6.07, 6.45) is 0. The number of aliphatic carboxylic acids is 1. The second kappa shape index (κ2) is 9.06. The number of amides is 1. The predicted molar refractivity (Wildman–Crippen MR) is 109 cm³/mol. The van der Waals surface area contributed by atoms with Gasteiger partial charge in [-0.2, -0.15) is 0 Å². The van der Waals surface area contributed by atoms with E-state index in [1.807, 2.05) is 24.3 Å². The van der Waals surface area contributed by atoms with Crippen molar-refractivity contribution in [3.63, 3.8) is 0 Å². The van der Waals surface area contributed by atoms with E-state index in [1.54, 1.807) is 11.8 Å². The fraction of sp³-hybridized carbons (Fsp3) is 0.455. The Morgan fingerprint density at radius 3 is 2.32 bits per heavy atom. The molecule has 1 aromatic carbocycles. The van der Waals surface area contributed by atoms with Crippen molar-refractivity contribution in [1.29, 1.82) is 0 Å². The molecule has 1 amide bonds. The summed E-state index contributed by atoms with van der Waals surface area (Å²) >= 11 is 0. The van der Waals surface area contributed by atoms with Crippen LogP contribution in [-0.2, 0) is 21.5 Å². The molecule has 0 fully saturated rings.